The van der Waals surface area contributed by atoms with Crippen LogP contribution in [0.1, 0.15) is 47.0 Å². The van der Waals surface area contributed by atoms with Gasteiger partial charge in [0.15, 0.2) is 0 Å². The number of allylic oxidation sites excluding steroid dienone is 4. The third-order valence-corrected chi connectivity index (χ3v) is 5.77. The molecule has 0 spiro atoms. The number of carbonyl (C=O) groups is 1. The van der Waals surface area contributed by atoms with Crippen LogP contribution in [-0.2, 0) is 9.53 Å². The summed E-state index contributed by atoms with van der Waals surface area (Å²) in [4.78, 5) is 19.6. The van der Waals surface area contributed by atoms with Crippen LogP contribution in [0.5, 0.6) is 0 Å². The maximum Gasteiger partial charge on any atom is 0.239 e. The van der Waals surface area contributed by atoms with Crippen LogP contribution in [0, 0.1) is 0 Å². The average Bonchev–Trinajstić information content (AvgIpc) is 2.98. The van der Waals surface area contributed by atoms with Gasteiger partial charge in [-0.25, -0.2) is 0 Å². The minimum atomic E-state index is -0.660. The molecular formula is C26H45N5O2. The van der Waals surface area contributed by atoms with Gasteiger partial charge in [0, 0.05) is 44.9 Å². The van der Waals surface area contributed by atoms with Crippen molar-refractivity contribution in [2.24, 2.45) is 4.99 Å². The van der Waals surface area contributed by atoms with E-state index in [4.69, 9.17) is 4.74 Å². The first-order chi connectivity index (χ1) is 15.6. The van der Waals surface area contributed by atoms with Gasteiger partial charge in [0.1, 0.15) is 5.84 Å². The molecule has 33 heavy (non-hydrogen) atoms. The fourth-order valence-electron chi connectivity index (χ4n) is 3.53. The Morgan fingerprint density at radius 3 is 2.76 bits per heavy atom. The number of carbonyl (C=O) groups excluding carboxylic acids is 1. The molecule has 1 amide bonds. The van der Waals surface area contributed by atoms with Gasteiger partial charge in [0.05, 0.1) is 12.1 Å². The Morgan fingerprint density at radius 2 is 2.12 bits per heavy atom. The van der Waals surface area contributed by atoms with Gasteiger partial charge in [-0.1, -0.05) is 37.0 Å². The van der Waals surface area contributed by atoms with Crippen molar-refractivity contribution in [1.29, 1.82) is 0 Å². The maximum atomic E-state index is 12.9. The molecule has 0 aromatic heterocycles. The smallest absolute Gasteiger partial charge is 0.239 e. The van der Waals surface area contributed by atoms with E-state index in [1.165, 1.54) is 0 Å². The summed E-state index contributed by atoms with van der Waals surface area (Å²) in [7, 11) is 3.60. The molecule has 1 atom stereocenters. The lowest BCUT2D eigenvalue weighted by atomic mass is 10.0. The SMILES string of the molecule is C=C/C=C(C)\C=C(/C)COCC[C@H](C/C(=N/C)N1CCCNCC1=C)NC(=O)C(C)(C)NC. The van der Waals surface area contributed by atoms with Crippen LogP contribution in [0.15, 0.2) is 53.2 Å². The monoisotopic (exact) mass is 459 g/mol. The highest BCUT2D eigenvalue weighted by atomic mass is 16.5. The Hall–Kier alpha value is -2.22. The quantitative estimate of drug-likeness (QED) is 0.181. The van der Waals surface area contributed by atoms with E-state index in [1.807, 2.05) is 26.8 Å². The summed E-state index contributed by atoms with van der Waals surface area (Å²) >= 11 is 0. The number of ether oxygens (including phenoxy) is 1. The van der Waals surface area contributed by atoms with Gasteiger partial charge in [-0.15, -0.1) is 0 Å². The van der Waals surface area contributed by atoms with Crippen LogP contribution in [0.3, 0.4) is 0 Å². The molecule has 7 heteroatoms. The number of aliphatic imine (C=N–C) groups is 1. The number of hydrogen-bond donors (Lipinski definition) is 3. The van der Waals surface area contributed by atoms with Crippen molar-refractivity contribution < 1.29 is 9.53 Å². The third-order valence-electron chi connectivity index (χ3n) is 5.77. The average molecular weight is 460 g/mol. The van der Waals surface area contributed by atoms with Crippen LogP contribution >= 0.6 is 0 Å². The molecule has 0 aliphatic carbocycles. The Bertz CT molecular complexity index is 752. The predicted octanol–water partition coefficient (Wildman–Crippen LogP) is 3.18. The molecule has 0 aromatic rings. The van der Waals surface area contributed by atoms with Gasteiger partial charge in [-0.2, -0.15) is 0 Å². The number of hydrogen-bond acceptors (Lipinski definition) is 5. The van der Waals surface area contributed by atoms with Gasteiger partial charge >= 0.3 is 0 Å². The second kappa shape index (κ2) is 14.8. The number of amides is 1. The highest BCUT2D eigenvalue weighted by Crippen LogP contribution is 2.14. The van der Waals surface area contributed by atoms with E-state index in [0.29, 0.717) is 26.1 Å². The van der Waals surface area contributed by atoms with Crippen molar-refractivity contribution in [3.05, 3.63) is 48.2 Å². The van der Waals surface area contributed by atoms with Crippen LogP contribution in [-0.4, -0.2) is 75.2 Å². The second-order valence-corrected chi connectivity index (χ2v) is 9.12. The summed E-state index contributed by atoms with van der Waals surface area (Å²) in [6, 6.07) is -0.0977. The van der Waals surface area contributed by atoms with E-state index in [9.17, 15) is 4.79 Å². The van der Waals surface area contributed by atoms with Gasteiger partial charge in [-0.05, 0) is 59.7 Å². The van der Waals surface area contributed by atoms with E-state index in [0.717, 1.165) is 48.7 Å². The largest absolute Gasteiger partial charge is 0.377 e. The first kappa shape index (κ1) is 28.8. The zero-order valence-electron chi connectivity index (χ0n) is 21.6. The van der Waals surface area contributed by atoms with Gasteiger partial charge in [-0.3, -0.25) is 9.79 Å². The normalized spacial score (nSPS) is 17.6. The van der Waals surface area contributed by atoms with E-state index in [1.54, 1.807) is 20.2 Å². The molecule has 1 saturated heterocycles. The van der Waals surface area contributed by atoms with Crippen molar-refractivity contribution in [1.82, 2.24) is 20.9 Å². The van der Waals surface area contributed by atoms with Crippen molar-refractivity contribution in [2.45, 2.75) is 58.5 Å². The van der Waals surface area contributed by atoms with Crippen LogP contribution < -0.4 is 16.0 Å². The fourth-order valence-corrected chi connectivity index (χ4v) is 3.53. The van der Waals surface area contributed by atoms with Crippen LogP contribution in [0.4, 0.5) is 0 Å². The number of nitrogens with zero attached hydrogens (tertiary/aromatic N) is 2. The molecule has 1 aliphatic heterocycles. The molecule has 1 fully saturated rings. The van der Waals surface area contributed by atoms with E-state index in [-0.39, 0.29) is 11.9 Å². The Morgan fingerprint density at radius 1 is 1.39 bits per heavy atom. The summed E-state index contributed by atoms with van der Waals surface area (Å²) in [5.74, 6) is 0.903. The second-order valence-electron chi connectivity index (χ2n) is 9.12. The molecule has 0 unspecified atom stereocenters. The number of amidine groups is 1. The zero-order valence-corrected chi connectivity index (χ0v) is 21.6. The highest BCUT2D eigenvalue weighted by molar-refractivity contribution is 5.88. The Labute approximate surface area is 201 Å². The first-order valence-electron chi connectivity index (χ1n) is 11.8. The molecule has 7 nitrogen and oxygen atoms in total. The van der Waals surface area contributed by atoms with Crippen molar-refractivity contribution >= 4 is 11.7 Å². The molecule has 0 bridgehead atoms. The van der Waals surface area contributed by atoms with Gasteiger partial charge < -0.3 is 25.6 Å². The molecule has 0 radical (unpaired) electrons. The summed E-state index contributed by atoms with van der Waals surface area (Å²) in [6.45, 7) is 19.5. The standard InChI is InChI=1S/C26H45N5O2/c1-9-11-20(2)16-21(3)19-33-15-12-23(30-25(32)26(5,6)28-8)17-24(27-7)31-14-10-13-29-18-22(31)4/h9,11,16,23,28-29H,1,4,10,12-15,17-19H2,2-3,5-8H3,(H,30,32)/b20-11-,21-16+,27-24-/t23-/m1/s1. The molecule has 1 heterocycles. The molecule has 1 aliphatic rings. The lowest BCUT2D eigenvalue weighted by Gasteiger charge is -2.31. The van der Waals surface area contributed by atoms with Crippen molar-refractivity contribution in [3.8, 4) is 0 Å². The number of rotatable bonds is 12. The summed E-state index contributed by atoms with van der Waals surface area (Å²) in [5.41, 5.74) is 2.63. The van der Waals surface area contributed by atoms with Crippen molar-refractivity contribution in [2.75, 3.05) is 46.9 Å². The zero-order chi connectivity index (χ0) is 24.9. The Balaban J connectivity index is 2.84. The first-order valence-corrected chi connectivity index (χ1v) is 11.8. The number of nitrogens with one attached hydrogen (secondary N) is 3. The summed E-state index contributed by atoms with van der Waals surface area (Å²) < 4.78 is 5.93. The molecule has 1 rings (SSSR count). The highest BCUT2D eigenvalue weighted by Gasteiger charge is 2.28. The predicted molar refractivity (Wildman–Crippen MR) is 140 cm³/mol. The molecule has 0 aromatic carbocycles. The lowest BCUT2D eigenvalue weighted by molar-refractivity contribution is -0.127. The molecular weight excluding hydrogens is 414 g/mol. The minimum Gasteiger partial charge on any atom is -0.377 e. The van der Waals surface area contributed by atoms with Gasteiger partial charge in [0.25, 0.3) is 0 Å². The lowest BCUT2D eigenvalue weighted by Crippen LogP contribution is -2.54. The van der Waals surface area contributed by atoms with E-state index < -0.39 is 5.54 Å². The topological polar surface area (TPSA) is 78.0 Å². The maximum absolute atomic E-state index is 12.9. The fraction of sp³-hybridized carbons (Fsp3) is 0.615. The van der Waals surface area contributed by atoms with Crippen LogP contribution in [0.25, 0.3) is 0 Å². The molecule has 186 valence electrons. The summed E-state index contributed by atoms with van der Waals surface area (Å²) in [5, 5.41) is 9.67. The van der Waals surface area contributed by atoms with Crippen molar-refractivity contribution in [3.63, 3.8) is 0 Å². The Kier molecular flexibility index (Phi) is 13.0. The third kappa shape index (κ3) is 10.5. The van der Waals surface area contributed by atoms with Gasteiger partial charge in [0.2, 0.25) is 5.91 Å². The minimum absolute atomic E-state index is 0.0388. The summed E-state index contributed by atoms with van der Waals surface area (Å²) in [6.07, 6.45) is 8.18. The van der Waals surface area contributed by atoms with E-state index in [2.05, 4.69) is 52.0 Å². The van der Waals surface area contributed by atoms with E-state index >= 15 is 0 Å². The molecule has 3 N–H and O–H groups in total. The molecule has 0 saturated carbocycles. The van der Waals surface area contributed by atoms with Crippen LogP contribution in [0.2, 0.25) is 0 Å². The number of likely N-dealkylation sites (N-methyl/N-ethyl adjacent to an activating group) is 1.